The Morgan fingerprint density at radius 1 is 1.44 bits per heavy atom. The number of aromatic nitrogens is 1. The van der Waals surface area contributed by atoms with Crippen LogP contribution in [-0.4, -0.2) is 15.6 Å². The molecule has 0 radical (unpaired) electrons. The number of aliphatic carboxylic acids is 1. The van der Waals surface area contributed by atoms with Crippen LogP contribution in [0.1, 0.15) is 13.3 Å². The van der Waals surface area contributed by atoms with Gasteiger partial charge in [0.2, 0.25) is 0 Å². The van der Waals surface area contributed by atoms with Gasteiger partial charge in [0.15, 0.2) is 0 Å². The van der Waals surface area contributed by atoms with Gasteiger partial charge in [0.25, 0.3) is 0 Å². The highest BCUT2D eigenvalue weighted by atomic mass is 35.5. The molecule has 0 bridgehead atoms. The van der Waals surface area contributed by atoms with Crippen molar-refractivity contribution in [2.75, 3.05) is 0 Å². The minimum atomic E-state index is -0.850. The Morgan fingerprint density at radius 2 is 2.22 bits per heavy atom. The molecule has 0 unspecified atom stereocenters. The van der Waals surface area contributed by atoms with Crippen molar-refractivity contribution in [2.45, 2.75) is 19.9 Å². The first-order valence-electron chi connectivity index (χ1n) is 5.78. The number of allylic oxidation sites excluding steroid dienone is 1. The Kier molecular flexibility index (Phi) is 3.72. The first-order valence-corrected chi connectivity index (χ1v) is 6.16. The van der Waals surface area contributed by atoms with Gasteiger partial charge in [-0.3, -0.25) is 0 Å². The Morgan fingerprint density at radius 3 is 2.89 bits per heavy atom. The highest BCUT2D eigenvalue weighted by Crippen LogP contribution is 2.20. The lowest BCUT2D eigenvalue weighted by atomic mass is 10.2. The summed E-state index contributed by atoms with van der Waals surface area (Å²) in [4.78, 5) is 10.9. The monoisotopic (exact) mass is 263 g/mol. The molecule has 0 aliphatic heterocycles. The van der Waals surface area contributed by atoms with Crippen LogP contribution in [0.3, 0.4) is 0 Å². The van der Waals surface area contributed by atoms with Crippen LogP contribution in [0.15, 0.2) is 42.1 Å². The summed E-state index contributed by atoms with van der Waals surface area (Å²) in [6.45, 7) is 2.40. The zero-order valence-corrected chi connectivity index (χ0v) is 10.8. The molecule has 2 rings (SSSR count). The van der Waals surface area contributed by atoms with Gasteiger partial charge < -0.3 is 9.67 Å². The maximum atomic E-state index is 10.9. The van der Waals surface area contributed by atoms with E-state index in [0.717, 1.165) is 10.9 Å². The van der Waals surface area contributed by atoms with Crippen LogP contribution >= 0.6 is 11.6 Å². The Bertz CT molecular complexity index is 613. The van der Waals surface area contributed by atoms with E-state index in [1.165, 1.54) is 0 Å². The number of carbonyl (C=O) groups is 1. The first kappa shape index (κ1) is 12.7. The molecule has 0 aliphatic rings. The topological polar surface area (TPSA) is 42.2 Å². The third-order valence-corrected chi connectivity index (χ3v) is 3.16. The van der Waals surface area contributed by atoms with Crippen LogP contribution < -0.4 is 0 Å². The zero-order valence-electron chi connectivity index (χ0n) is 10.1. The van der Waals surface area contributed by atoms with E-state index < -0.39 is 5.97 Å². The number of rotatable bonds is 4. The second-order valence-corrected chi connectivity index (χ2v) is 4.50. The van der Waals surface area contributed by atoms with E-state index in [-0.39, 0.29) is 0 Å². The first-order chi connectivity index (χ1) is 8.61. The number of carboxylic acids is 1. The number of hydrogen-bond acceptors (Lipinski definition) is 1. The van der Waals surface area contributed by atoms with Crippen molar-refractivity contribution < 1.29 is 9.90 Å². The quantitative estimate of drug-likeness (QED) is 0.855. The van der Waals surface area contributed by atoms with E-state index in [0.29, 0.717) is 23.6 Å². The molecule has 0 atom stereocenters. The Hall–Kier alpha value is -1.74. The van der Waals surface area contributed by atoms with Gasteiger partial charge in [0.1, 0.15) is 0 Å². The average Bonchev–Trinajstić information content (AvgIpc) is 2.72. The number of benzene rings is 1. The maximum Gasteiger partial charge on any atom is 0.331 e. The molecule has 1 aromatic heterocycles. The lowest BCUT2D eigenvalue weighted by Crippen LogP contribution is -2.02. The number of hydrogen-bond donors (Lipinski definition) is 1. The molecular formula is C14H14ClNO2. The van der Waals surface area contributed by atoms with Gasteiger partial charge in [0.05, 0.1) is 0 Å². The Balaban J connectivity index is 2.30. The summed E-state index contributed by atoms with van der Waals surface area (Å²) in [7, 11) is 0. The van der Waals surface area contributed by atoms with E-state index in [4.69, 9.17) is 16.7 Å². The largest absolute Gasteiger partial charge is 0.478 e. The van der Waals surface area contributed by atoms with Crippen molar-refractivity contribution in [3.8, 4) is 0 Å². The molecule has 1 N–H and O–H groups in total. The van der Waals surface area contributed by atoms with Crippen LogP contribution in [0, 0.1) is 0 Å². The van der Waals surface area contributed by atoms with Crippen LogP contribution in [-0.2, 0) is 11.3 Å². The normalized spacial score (nSPS) is 12.0. The highest BCUT2D eigenvalue weighted by Gasteiger charge is 2.05. The van der Waals surface area contributed by atoms with Crippen molar-refractivity contribution in [3.05, 3.63) is 47.1 Å². The van der Waals surface area contributed by atoms with Gasteiger partial charge in [0, 0.05) is 34.2 Å². The summed E-state index contributed by atoms with van der Waals surface area (Å²) < 4.78 is 2.00. The number of halogens is 1. The van der Waals surface area contributed by atoms with Gasteiger partial charge in [-0.2, -0.15) is 0 Å². The predicted octanol–water partition coefficient (Wildman–Crippen LogP) is 3.72. The van der Waals surface area contributed by atoms with Crippen LogP contribution in [0.4, 0.5) is 0 Å². The molecule has 18 heavy (non-hydrogen) atoms. The molecule has 2 aromatic rings. The number of fused-ring (bicyclic) bond motifs is 1. The predicted molar refractivity (Wildman–Crippen MR) is 73.0 cm³/mol. The van der Waals surface area contributed by atoms with Gasteiger partial charge in [-0.1, -0.05) is 24.6 Å². The molecule has 3 nitrogen and oxygen atoms in total. The SMILES string of the molecule is CCC(=CCn1ccc2cc(Cl)ccc21)C(=O)O. The summed E-state index contributed by atoms with van der Waals surface area (Å²) in [6.07, 6.45) is 4.21. The van der Waals surface area contributed by atoms with E-state index in [2.05, 4.69) is 0 Å². The summed E-state index contributed by atoms with van der Waals surface area (Å²) in [5.74, 6) is -0.850. The van der Waals surface area contributed by atoms with Crippen molar-refractivity contribution in [1.82, 2.24) is 4.57 Å². The molecule has 0 amide bonds. The van der Waals surface area contributed by atoms with Crippen molar-refractivity contribution in [3.63, 3.8) is 0 Å². The highest BCUT2D eigenvalue weighted by molar-refractivity contribution is 6.31. The molecule has 1 heterocycles. The molecule has 0 saturated carbocycles. The zero-order chi connectivity index (χ0) is 13.1. The van der Waals surface area contributed by atoms with E-state index in [1.807, 2.05) is 42.0 Å². The van der Waals surface area contributed by atoms with Gasteiger partial charge in [-0.25, -0.2) is 4.79 Å². The number of nitrogens with zero attached hydrogens (tertiary/aromatic N) is 1. The molecular weight excluding hydrogens is 250 g/mol. The second kappa shape index (κ2) is 5.27. The molecule has 0 fully saturated rings. The van der Waals surface area contributed by atoms with Crippen molar-refractivity contribution in [1.29, 1.82) is 0 Å². The van der Waals surface area contributed by atoms with E-state index in [1.54, 1.807) is 6.08 Å². The summed E-state index contributed by atoms with van der Waals surface area (Å²) in [5.41, 5.74) is 1.49. The molecule has 0 saturated heterocycles. The van der Waals surface area contributed by atoms with Crippen LogP contribution in [0.25, 0.3) is 10.9 Å². The van der Waals surface area contributed by atoms with Gasteiger partial charge >= 0.3 is 5.97 Å². The minimum Gasteiger partial charge on any atom is -0.478 e. The van der Waals surface area contributed by atoms with Gasteiger partial charge in [-0.15, -0.1) is 0 Å². The summed E-state index contributed by atoms with van der Waals surface area (Å²) >= 11 is 5.92. The summed E-state index contributed by atoms with van der Waals surface area (Å²) in [5, 5.41) is 10.7. The van der Waals surface area contributed by atoms with Crippen molar-refractivity contribution >= 4 is 28.5 Å². The second-order valence-electron chi connectivity index (χ2n) is 4.06. The fraction of sp³-hybridized carbons (Fsp3) is 0.214. The third kappa shape index (κ3) is 2.57. The minimum absolute atomic E-state index is 0.436. The average molecular weight is 264 g/mol. The summed E-state index contributed by atoms with van der Waals surface area (Å²) in [6, 6.07) is 7.65. The van der Waals surface area contributed by atoms with E-state index >= 15 is 0 Å². The Labute approximate surface area is 110 Å². The lowest BCUT2D eigenvalue weighted by molar-refractivity contribution is -0.132. The van der Waals surface area contributed by atoms with Crippen LogP contribution in [0.2, 0.25) is 5.02 Å². The third-order valence-electron chi connectivity index (χ3n) is 2.92. The lowest BCUT2D eigenvalue weighted by Gasteiger charge is -2.03. The number of carboxylic acid groups (broad SMARTS) is 1. The van der Waals surface area contributed by atoms with Crippen molar-refractivity contribution in [2.24, 2.45) is 0 Å². The molecule has 1 aromatic carbocycles. The van der Waals surface area contributed by atoms with Gasteiger partial charge in [-0.05, 0) is 30.7 Å². The maximum absolute atomic E-state index is 10.9. The fourth-order valence-electron chi connectivity index (χ4n) is 1.92. The molecule has 94 valence electrons. The molecule has 0 aliphatic carbocycles. The fourth-order valence-corrected chi connectivity index (χ4v) is 2.10. The smallest absolute Gasteiger partial charge is 0.331 e. The molecule has 0 spiro atoms. The van der Waals surface area contributed by atoms with E-state index in [9.17, 15) is 4.79 Å². The molecule has 4 heteroatoms. The van der Waals surface area contributed by atoms with Crippen LogP contribution in [0.5, 0.6) is 0 Å². The standard InChI is InChI=1S/C14H14ClNO2/c1-2-10(14(17)18)5-7-16-8-6-11-9-12(15)3-4-13(11)16/h3-6,8-9H,2,7H2,1H3,(H,17,18).